The van der Waals surface area contributed by atoms with Crippen LogP contribution in [0.1, 0.15) is 17.7 Å². The maximum Gasteiger partial charge on any atom is 0.127 e. The predicted octanol–water partition coefficient (Wildman–Crippen LogP) is 3.08. The van der Waals surface area contributed by atoms with Gasteiger partial charge in [-0.05, 0) is 36.8 Å². The number of hydrogen-bond acceptors (Lipinski definition) is 4. The van der Waals surface area contributed by atoms with E-state index in [2.05, 4.69) is 43.7 Å². The number of pyridine rings is 1. The maximum absolute atomic E-state index is 14.1. The van der Waals surface area contributed by atoms with Gasteiger partial charge in [-0.1, -0.05) is 18.2 Å². The lowest BCUT2D eigenvalue weighted by atomic mass is 10.1. The Morgan fingerprint density at radius 3 is 2.72 bits per heavy atom. The minimum atomic E-state index is -0.160. The van der Waals surface area contributed by atoms with Gasteiger partial charge in [0.25, 0.3) is 0 Å². The molecule has 1 aliphatic rings. The second-order valence-electron chi connectivity index (χ2n) is 7.54. The van der Waals surface area contributed by atoms with Gasteiger partial charge in [-0.25, -0.2) is 4.39 Å². The van der Waals surface area contributed by atoms with E-state index in [4.69, 9.17) is 0 Å². The van der Waals surface area contributed by atoms with Gasteiger partial charge in [0.15, 0.2) is 0 Å². The first-order valence-corrected chi connectivity index (χ1v) is 10.1. The summed E-state index contributed by atoms with van der Waals surface area (Å²) in [4.78, 5) is 8.94. The van der Waals surface area contributed by atoms with Gasteiger partial charge in [-0.3, -0.25) is 14.8 Å². The largest absolute Gasteiger partial charge is 0.396 e. The monoisotopic (exact) mass is 394 g/mol. The molecule has 1 saturated heterocycles. The summed E-state index contributed by atoms with van der Waals surface area (Å²) in [6.07, 6.45) is 6.39. The zero-order valence-corrected chi connectivity index (χ0v) is 16.5. The third-order valence-corrected chi connectivity index (χ3v) is 5.63. The van der Waals surface area contributed by atoms with Crippen molar-refractivity contribution in [3.63, 3.8) is 0 Å². The predicted molar refractivity (Wildman–Crippen MR) is 111 cm³/mol. The summed E-state index contributed by atoms with van der Waals surface area (Å²) in [5.41, 5.74) is 2.98. The van der Waals surface area contributed by atoms with Crippen molar-refractivity contribution in [3.8, 4) is 5.69 Å². The molecule has 1 fully saturated rings. The second-order valence-corrected chi connectivity index (χ2v) is 7.54. The Morgan fingerprint density at radius 1 is 1.03 bits per heavy atom. The second kappa shape index (κ2) is 9.31. The Morgan fingerprint density at radius 2 is 1.93 bits per heavy atom. The summed E-state index contributed by atoms with van der Waals surface area (Å²) in [5.74, 6) is -0.160. The zero-order chi connectivity index (χ0) is 20.1. The average molecular weight is 394 g/mol. The fourth-order valence-corrected chi connectivity index (χ4v) is 4.10. The van der Waals surface area contributed by atoms with E-state index in [-0.39, 0.29) is 18.5 Å². The number of aliphatic hydroxyl groups is 1. The zero-order valence-electron chi connectivity index (χ0n) is 16.5. The molecule has 0 radical (unpaired) electrons. The van der Waals surface area contributed by atoms with Gasteiger partial charge in [0.2, 0.25) is 0 Å². The van der Waals surface area contributed by atoms with Crippen LogP contribution in [0.25, 0.3) is 5.69 Å². The van der Waals surface area contributed by atoms with Crippen molar-refractivity contribution in [2.24, 2.45) is 0 Å². The molecule has 0 spiro atoms. The van der Waals surface area contributed by atoms with Crippen molar-refractivity contribution in [2.45, 2.75) is 25.6 Å². The molecule has 152 valence electrons. The lowest BCUT2D eigenvalue weighted by Crippen LogP contribution is -2.52. The molecular formula is C23H27FN4O. The van der Waals surface area contributed by atoms with Gasteiger partial charge >= 0.3 is 0 Å². The molecule has 4 rings (SSSR count). The van der Waals surface area contributed by atoms with Crippen molar-refractivity contribution in [1.82, 2.24) is 19.4 Å². The Bertz CT molecular complexity index is 914. The Hall–Kier alpha value is -2.54. The molecule has 2 aromatic heterocycles. The lowest BCUT2D eigenvalue weighted by molar-refractivity contribution is 0.0485. The molecule has 0 amide bonds. The van der Waals surface area contributed by atoms with Gasteiger partial charge in [-0.15, -0.1) is 0 Å². The van der Waals surface area contributed by atoms with Crippen LogP contribution in [-0.4, -0.2) is 56.7 Å². The topological polar surface area (TPSA) is 44.5 Å². The van der Waals surface area contributed by atoms with E-state index in [1.807, 2.05) is 24.4 Å². The van der Waals surface area contributed by atoms with Crippen LogP contribution >= 0.6 is 0 Å². The third-order valence-electron chi connectivity index (χ3n) is 5.63. The van der Waals surface area contributed by atoms with Crippen molar-refractivity contribution in [2.75, 3.05) is 26.2 Å². The standard InChI is InChI=1S/C23H27FN4O/c24-23-8-2-1-5-19(23)16-27-13-12-26(17-21(27)9-14-29)18-22-7-4-11-28(22)20-6-3-10-25-15-20/h1-8,10-11,15,21,29H,9,12-14,16-18H2. The number of rotatable bonds is 7. The molecule has 0 saturated carbocycles. The highest BCUT2D eigenvalue weighted by Gasteiger charge is 2.27. The Labute approximate surface area is 171 Å². The fraction of sp³-hybridized carbons (Fsp3) is 0.348. The molecule has 29 heavy (non-hydrogen) atoms. The van der Waals surface area contributed by atoms with Crippen LogP contribution in [0.3, 0.4) is 0 Å². The van der Waals surface area contributed by atoms with Crippen molar-refractivity contribution >= 4 is 0 Å². The van der Waals surface area contributed by atoms with E-state index in [0.29, 0.717) is 18.5 Å². The van der Waals surface area contributed by atoms with Crippen LogP contribution in [-0.2, 0) is 13.1 Å². The number of hydrogen-bond donors (Lipinski definition) is 1. The highest BCUT2D eigenvalue weighted by Crippen LogP contribution is 2.21. The smallest absolute Gasteiger partial charge is 0.127 e. The van der Waals surface area contributed by atoms with Gasteiger partial charge in [-0.2, -0.15) is 0 Å². The first-order chi connectivity index (χ1) is 14.2. The number of aromatic nitrogens is 2. The molecule has 6 heteroatoms. The molecule has 1 N–H and O–H groups in total. The van der Waals surface area contributed by atoms with Crippen LogP contribution in [0.5, 0.6) is 0 Å². The van der Waals surface area contributed by atoms with E-state index < -0.39 is 0 Å². The van der Waals surface area contributed by atoms with Crippen LogP contribution in [0.2, 0.25) is 0 Å². The van der Waals surface area contributed by atoms with Crippen LogP contribution < -0.4 is 0 Å². The number of piperazine rings is 1. The number of halogens is 1. The molecule has 0 bridgehead atoms. The molecule has 3 heterocycles. The lowest BCUT2D eigenvalue weighted by Gasteiger charge is -2.41. The first kappa shape index (κ1) is 19.8. The highest BCUT2D eigenvalue weighted by atomic mass is 19.1. The maximum atomic E-state index is 14.1. The van der Waals surface area contributed by atoms with E-state index in [9.17, 15) is 9.50 Å². The summed E-state index contributed by atoms with van der Waals surface area (Å²) in [6.45, 7) is 4.17. The van der Waals surface area contributed by atoms with Gasteiger partial charge < -0.3 is 9.67 Å². The summed E-state index contributed by atoms with van der Waals surface area (Å²) in [5, 5.41) is 9.56. The number of benzene rings is 1. The molecular weight excluding hydrogens is 367 g/mol. The quantitative estimate of drug-likeness (QED) is 0.669. The molecule has 5 nitrogen and oxygen atoms in total. The van der Waals surface area contributed by atoms with Gasteiger partial charge in [0.05, 0.1) is 11.9 Å². The number of nitrogens with zero attached hydrogens (tertiary/aromatic N) is 4. The van der Waals surface area contributed by atoms with E-state index in [0.717, 1.165) is 31.9 Å². The minimum Gasteiger partial charge on any atom is -0.396 e. The van der Waals surface area contributed by atoms with Crippen LogP contribution in [0.4, 0.5) is 4.39 Å². The summed E-state index contributed by atoms with van der Waals surface area (Å²) in [7, 11) is 0. The molecule has 1 aromatic carbocycles. The van der Waals surface area contributed by atoms with E-state index >= 15 is 0 Å². The molecule has 1 unspecified atom stereocenters. The molecule has 3 aromatic rings. The van der Waals surface area contributed by atoms with Crippen molar-refractivity contribution in [3.05, 3.63) is 84.2 Å². The van der Waals surface area contributed by atoms with E-state index in [1.54, 1.807) is 12.3 Å². The SMILES string of the molecule is OCCC1CN(Cc2cccn2-c2cccnc2)CCN1Cc1ccccc1F. The van der Waals surface area contributed by atoms with Gasteiger partial charge in [0, 0.05) is 69.0 Å². The van der Waals surface area contributed by atoms with Crippen LogP contribution in [0, 0.1) is 5.82 Å². The molecule has 1 aliphatic heterocycles. The van der Waals surface area contributed by atoms with E-state index in [1.165, 1.54) is 11.8 Å². The Kier molecular flexibility index (Phi) is 6.34. The highest BCUT2D eigenvalue weighted by molar-refractivity contribution is 5.32. The molecule has 1 atom stereocenters. The number of aliphatic hydroxyl groups excluding tert-OH is 1. The Balaban J connectivity index is 1.44. The fourth-order valence-electron chi connectivity index (χ4n) is 4.10. The summed E-state index contributed by atoms with van der Waals surface area (Å²) < 4.78 is 16.3. The third kappa shape index (κ3) is 4.72. The van der Waals surface area contributed by atoms with Crippen LogP contribution in [0.15, 0.2) is 67.1 Å². The van der Waals surface area contributed by atoms with Crippen molar-refractivity contribution < 1.29 is 9.50 Å². The summed E-state index contributed by atoms with van der Waals surface area (Å²) in [6, 6.07) is 15.4. The average Bonchev–Trinajstić information content (AvgIpc) is 3.20. The minimum absolute atomic E-state index is 0.137. The van der Waals surface area contributed by atoms with Gasteiger partial charge in [0.1, 0.15) is 5.82 Å². The normalized spacial score (nSPS) is 18.2. The molecule has 0 aliphatic carbocycles. The first-order valence-electron chi connectivity index (χ1n) is 10.1. The summed E-state index contributed by atoms with van der Waals surface area (Å²) >= 11 is 0. The van der Waals surface area contributed by atoms with Crippen molar-refractivity contribution in [1.29, 1.82) is 0 Å².